The van der Waals surface area contributed by atoms with Crippen LogP contribution in [0.1, 0.15) is 51.3 Å². The number of amides is 1. The van der Waals surface area contributed by atoms with Crippen molar-refractivity contribution >= 4 is 12.1 Å². The highest BCUT2D eigenvalue weighted by molar-refractivity contribution is 5.73. The highest BCUT2D eigenvalue weighted by atomic mass is 16.6. The first kappa shape index (κ1) is 24.4. The molecule has 6 heteroatoms. The Bertz CT molecular complexity index is 854. The molecule has 0 aliphatic carbocycles. The number of ether oxygens (including phenoxy) is 3. The fraction of sp³-hybridized carbons (Fsp3) is 0.440. The van der Waals surface area contributed by atoms with Crippen molar-refractivity contribution in [2.24, 2.45) is 0 Å². The summed E-state index contributed by atoms with van der Waals surface area (Å²) in [6, 6.07) is 17.0. The Labute approximate surface area is 185 Å². The second-order valence-electron chi connectivity index (χ2n) is 8.86. The van der Waals surface area contributed by atoms with Crippen LogP contribution in [0.15, 0.2) is 54.6 Å². The summed E-state index contributed by atoms with van der Waals surface area (Å²) in [5, 5.41) is 0. The second-order valence-corrected chi connectivity index (χ2v) is 8.86. The van der Waals surface area contributed by atoms with E-state index in [2.05, 4.69) is 0 Å². The molecule has 1 amide bonds. The largest absolute Gasteiger partial charge is 0.460 e. The number of hydrogen-bond acceptors (Lipinski definition) is 5. The van der Waals surface area contributed by atoms with Crippen molar-refractivity contribution in [3.05, 3.63) is 71.3 Å². The van der Waals surface area contributed by atoms with Gasteiger partial charge in [0.15, 0.2) is 0 Å². The summed E-state index contributed by atoms with van der Waals surface area (Å²) in [5.74, 6) is -0.271. The summed E-state index contributed by atoms with van der Waals surface area (Å²) >= 11 is 0. The van der Waals surface area contributed by atoms with E-state index in [-0.39, 0.29) is 19.0 Å². The summed E-state index contributed by atoms with van der Waals surface area (Å²) < 4.78 is 16.4. The third kappa shape index (κ3) is 8.06. The van der Waals surface area contributed by atoms with Gasteiger partial charge in [0.2, 0.25) is 0 Å². The first-order valence-electron chi connectivity index (χ1n) is 10.3. The Hall–Kier alpha value is -2.86. The lowest BCUT2D eigenvalue weighted by molar-refractivity contribution is -0.153. The van der Waals surface area contributed by atoms with Gasteiger partial charge < -0.3 is 14.2 Å². The van der Waals surface area contributed by atoms with E-state index in [0.29, 0.717) is 6.54 Å². The maximum Gasteiger partial charge on any atom is 0.412 e. The van der Waals surface area contributed by atoms with Gasteiger partial charge >= 0.3 is 12.1 Å². The molecule has 2 aromatic rings. The van der Waals surface area contributed by atoms with E-state index in [0.717, 1.165) is 16.7 Å². The van der Waals surface area contributed by atoms with E-state index in [1.54, 1.807) is 12.0 Å². The second kappa shape index (κ2) is 10.4. The molecule has 0 N–H and O–H groups in total. The first-order valence-corrected chi connectivity index (χ1v) is 10.3. The number of carbonyl (C=O) groups excluding carboxylic acids is 2. The average molecular weight is 428 g/mol. The van der Waals surface area contributed by atoms with Gasteiger partial charge in [-0.25, -0.2) is 4.79 Å². The van der Waals surface area contributed by atoms with Crippen LogP contribution in [0, 0.1) is 0 Å². The third-order valence-corrected chi connectivity index (χ3v) is 4.71. The SMILES string of the molecule is COC(C)(C)N(Cc1ccc(CC(=O)OC(C)(C)C)cc1)C(=O)OCc1ccccc1. The molecule has 0 atom stereocenters. The number of rotatable bonds is 8. The number of nitrogens with zero attached hydrogens (tertiary/aromatic N) is 1. The maximum absolute atomic E-state index is 12.8. The fourth-order valence-electron chi connectivity index (χ4n) is 2.87. The van der Waals surface area contributed by atoms with Crippen LogP contribution in [0.3, 0.4) is 0 Å². The molecule has 0 bridgehead atoms. The van der Waals surface area contributed by atoms with Crippen LogP contribution in [-0.2, 0) is 38.6 Å². The molecule has 0 spiro atoms. The zero-order valence-electron chi connectivity index (χ0n) is 19.3. The van der Waals surface area contributed by atoms with E-state index < -0.39 is 17.4 Å². The molecule has 6 nitrogen and oxygen atoms in total. The van der Waals surface area contributed by atoms with Gasteiger partial charge in [-0.05, 0) is 51.3 Å². The number of methoxy groups -OCH3 is 1. The van der Waals surface area contributed by atoms with Gasteiger partial charge in [0.05, 0.1) is 13.0 Å². The monoisotopic (exact) mass is 427 g/mol. The smallest absolute Gasteiger partial charge is 0.412 e. The molecule has 0 fully saturated rings. The van der Waals surface area contributed by atoms with Crippen molar-refractivity contribution in [3.63, 3.8) is 0 Å². The molecule has 2 aromatic carbocycles. The average Bonchev–Trinajstić information content (AvgIpc) is 2.70. The zero-order valence-corrected chi connectivity index (χ0v) is 19.3. The van der Waals surface area contributed by atoms with Crippen LogP contribution in [0.25, 0.3) is 0 Å². The molecule has 0 aliphatic rings. The van der Waals surface area contributed by atoms with E-state index in [9.17, 15) is 9.59 Å². The van der Waals surface area contributed by atoms with Gasteiger partial charge in [-0.1, -0.05) is 54.6 Å². The summed E-state index contributed by atoms with van der Waals surface area (Å²) in [7, 11) is 1.56. The van der Waals surface area contributed by atoms with E-state index in [1.807, 2.05) is 89.2 Å². The molecule has 31 heavy (non-hydrogen) atoms. The van der Waals surface area contributed by atoms with E-state index in [1.165, 1.54) is 0 Å². The zero-order chi connectivity index (χ0) is 23.1. The Morgan fingerprint density at radius 2 is 1.42 bits per heavy atom. The van der Waals surface area contributed by atoms with Gasteiger partial charge in [0, 0.05) is 7.11 Å². The summed E-state index contributed by atoms with van der Waals surface area (Å²) in [4.78, 5) is 26.4. The Kier molecular flexibility index (Phi) is 8.22. The highest BCUT2D eigenvalue weighted by Crippen LogP contribution is 2.21. The van der Waals surface area contributed by atoms with Gasteiger partial charge in [0.25, 0.3) is 0 Å². The standard InChI is InChI=1S/C25H33NO5/c1-24(2,3)31-22(27)16-19-12-14-20(15-13-19)17-26(25(4,5)29-6)23(28)30-18-21-10-8-7-9-11-21/h7-15H,16-18H2,1-6H3. The van der Waals surface area contributed by atoms with Gasteiger partial charge in [-0.3, -0.25) is 9.69 Å². The van der Waals surface area contributed by atoms with Crippen molar-refractivity contribution in [2.75, 3.05) is 7.11 Å². The summed E-state index contributed by atoms with van der Waals surface area (Å²) in [6.45, 7) is 9.65. The van der Waals surface area contributed by atoms with Crippen LogP contribution in [0.2, 0.25) is 0 Å². The van der Waals surface area contributed by atoms with E-state index in [4.69, 9.17) is 14.2 Å². The first-order chi connectivity index (χ1) is 14.5. The molecule has 0 saturated heterocycles. The van der Waals surface area contributed by atoms with Crippen LogP contribution < -0.4 is 0 Å². The number of benzene rings is 2. The topological polar surface area (TPSA) is 65.1 Å². The molecule has 0 radical (unpaired) electrons. The van der Waals surface area contributed by atoms with Gasteiger partial charge in [-0.15, -0.1) is 0 Å². The normalized spacial score (nSPS) is 11.7. The summed E-state index contributed by atoms with van der Waals surface area (Å²) in [6.07, 6.45) is -0.266. The molecular weight excluding hydrogens is 394 g/mol. The molecule has 2 rings (SSSR count). The van der Waals surface area contributed by atoms with Crippen molar-refractivity contribution in [1.29, 1.82) is 0 Å². The minimum absolute atomic E-state index is 0.185. The number of esters is 1. The third-order valence-electron chi connectivity index (χ3n) is 4.71. The highest BCUT2D eigenvalue weighted by Gasteiger charge is 2.32. The summed E-state index contributed by atoms with van der Waals surface area (Å²) in [5.41, 5.74) is 1.29. The molecule has 0 aliphatic heterocycles. The van der Waals surface area contributed by atoms with Gasteiger partial charge in [-0.2, -0.15) is 0 Å². The van der Waals surface area contributed by atoms with Crippen molar-refractivity contribution in [2.45, 2.75) is 65.5 Å². The quantitative estimate of drug-likeness (QED) is 0.434. The maximum atomic E-state index is 12.8. The molecular formula is C25H33NO5. The molecule has 0 saturated carbocycles. The molecule has 0 unspecified atom stereocenters. The van der Waals surface area contributed by atoms with Crippen LogP contribution in [0.5, 0.6) is 0 Å². The lowest BCUT2D eigenvalue weighted by atomic mass is 10.1. The van der Waals surface area contributed by atoms with Crippen molar-refractivity contribution < 1.29 is 23.8 Å². The minimum atomic E-state index is -0.858. The Morgan fingerprint density at radius 1 is 0.839 bits per heavy atom. The fourth-order valence-corrected chi connectivity index (χ4v) is 2.87. The number of carbonyl (C=O) groups is 2. The molecule has 168 valence electrons. The van der Waals surface area contributed by atoms with E-state index >= 15 is 0 Å². The Balaban J connectivity index is 2.05. The minimum Gasteiger partial charge on any atom is -0.460 e. The van der Waals surface area contributed by atoms with Gasteiger partial charge in [0.1, 0.15) is 17.9 Å². The molecule has 0 aromatic heterocycles. The predicted octanol–water partition coefficient (Wildman–Crippen LogP) is 5.09. The van der Waals surface area contributed by atoms with Crippen molar-refractivity contribution in [1.82, 2.24) is 4.90 Å². The molecule has 0 heterocycles. The lowest BCUT2D eigenvalue weighted by Gasteiger charge is -2.36. The Morgan fingerprint density at radius 3 is 1.97 bits per heavy atom. The number of hydrogen-bond donors (Lipinski definition) is 0. The van der Waals surface area contributed by atoms with Crippen molar-refractivity contribution in [3.8, 4) is 0 Å². The van der Waals surface area contributed by atoms with Crippen LogP contribution >= 0.6 is 0 Å². The lowest BCUT2D eigenvalue weighted by Crippen LogP contribution is -2.48. The van der Waals surface area contributed by atoms with Crippen LogP contribution in [0.4, 0.5) is 4.79 Å². The van der Waals surface area contributed by atoms with Crippen LogP contribution in [-0.4, -0.2) is 35.4 Å². The predicted molar refractivity (Wildman–Crippen MR) is 119 cm³/mol.